The Morgan fingerprint density at radius 1 is 0.875 bits per heavy atom. The molecule has 0 unspecified atom stereocenters. The number of nitrogens with one attached hydrogen (secondary N) is 1. The van der Waals surface area contributed by atoms with Crippen molar-refractivity contribution in [1.82, 2.24) is 15.0 Å². The molecule has 8 heteroatoms. The zero-order valence-electron chi connectivity index (χ0n) is 11.7. The summed E-state index contributed by atoms with van der Waals surface area (Å²) in [5, 5.41) is 0.0302. The number of rotatable bonds is 1. The van der Waals surface area contributed by atoms with E-state index < -0.39 is 29.1 Å². The lowest BCUT2D eigenvalue weighted by atomic mass is 10.1. The van der Waals surface area contributed by atoms with E-state index in [9.17, 15) is 22.0 Å². The highest BCUT2D eigenvalue weighted by Crippen LogP contribution is 2.31. The first kappa shape index (κ1) is 14.6. The van der Waals surface area contributed by atoms with Gasteiger partial charge in [0.1, 0.15) is 11.3 Å². The van der Waals surface area contributed by atoms with Gasteiger partial charge in [0.05, 0.1) is 22.9 Å². The number of nitrogens with zero attached hydrogens (tertiary/aromatic N) is 2. The van der Waals surface area contributed by atoms with Crippen LogP contribution in [0, 0.1) is 29.1 Å². The SMILES string of the molecule is Fc1cc(F)c2nc(-c3c[nH]c4c(F)c(F)c(F)cc34)cnc2c1. The van der Waals surface area contributed by atoms with Gasteiger partial charge < -0.3 is 4.98 Å². The molecule has 0 amide bonds. The molecule has 0 spiro atoms. The van der Waals surface area contributed by atoms with Gasteiger partial charge in [-0.15, -0.1) is 0 Å². The number of H-pyrrole nitrogens is 1. The molecule has 1 N–H and O–H groups in total. The lowest BCUT2D eigenvalue weighted by Gasteiger charge is -2.04. The third-order valence-corrected chi connectivity index (χ3v) is 3.66. The third-order valence-electron chi connectivity index (χ3n) is 3.66. The first-order valence-electron chi connectivity index (χ1n) is 6.72. The fourth-order valence-electron chi connectivity index (χ4n) is 2.55. The van der Waals surface area contributed by atoms with E-state index in [1.807, 2.05) is 0 Å². The monoisotopic (exact) mass is 335 g/mol. The topological polar surface area (TPSA) is 41.6 Å². The minimum Gasteiger partial charge on any atom is -0.358 e. The molecular weight excluding hydrogens is 329 g/mol. The highest BCUT2D eigenvalue weighted by Gasteiger charge is 2.19. The summed E-state index contributed by atoms with van der Waals surface area (Å²) in [6, 6.07) is 2.48. The zero-order chi connectivity index (χ0) is 17.0. The van der Waals surface area contributed by atoms with Gasteiger partial charge in [-0.05, 0) is 6.07 Å². The molecule has 0 saturated heterocycles. The van der Waals surface area contributed by atoms with Crippen LogP contribution in [0.15, 0.2) is 30.6 Å². The minimum absolute atomic E-state index is 0.000466. The maximum Gasteiger partial charge on any atom is 0.196 e. The first-order chi connectivity index (χ1) is 11.5. The van der Waals surface area contributed by atoms with Crippen LogP contribution < -0.4 is 0 Å². The van der Waals surface area contributed by atoms with Gasteiger partial charge in [-0.3, -0.25) is 4.98 Å². The summed E-state index contributed by atoms with van der Waals surface area (Å²) < 4.78 is 67.6. The Balaban J connectivity index is 2.00. The number of aromatic nitrogens is 3. The molecule has 4 aromatic rings. The summed E-state index contributed by atoms with van der Waals surface area (Å²) in [5.41, 5.74) is -0.123. The van der Waals surface area contributed by atoms with Crippen molar-refractivity contribution in [2.24, 2.45) is 0 Å². The van der Waals surface area contributed by atoms with Gasteiger partial charge in [0.25, 0.3) is 0 Å². The maximum absolute atomic E-state index is 13.8. The van der Waals surface area contributed by atoms with E-state index in [1.54, 1.807) is 0 Å². The highest BCUT2D eigenvalue weighted by molar-refractivity contribution is 5.95. The predicted octanol–water partition coefficient (Wildman–Crippen LogP) is 4.47. The van der Waals surface area contributed by atoms with Crippen molar-refractivity contribution < 1.29 is 22.0 Å². The van der Waals surface area contributed by atoms with Crippen LogP contribution in [0.3, 0.4) is 0 Å². The summed E-state index contributed by atoms with van der Waals surface area (Å²) in [6.07, 6.45) is 2.49. The van der Waals surface area contributed by atoms with Crippen LogP contribution in [-0.4, -0.2) is 15.0 Å². The number of halogens is 5. The Morgan fingerprint density at radius 2 is 1.67 bits per heavy atom. The van der Waals surface area contributed by atoms with E-state index in [0.717, 1.165) is 12.1 Å². The molecule has 24 heavy (non-hydrogen) atoms. The van der Waals surface area contributed by atoms with Gasteiger partial charge in [0.2, 0.25) is 0 Å². The van der Waals surface area contributed by atoms with Crippen LogP contribution in [0.5, 0.6) is 0 Å². The fourth-order valence-corrected chi connectivity index (χ4v) is 2.55. The van der Waals surface area contributed by atoms with Crippen LogP contribution in [0.2, 0.25) is 0 Å². The summed E-state index contributed by atoms with van der Waals surface area (Å²) in [6.45, 7) is 0. The Kier molecular flexibility index (Phi) is 3.02. The van der Waals surface area contributed by atoms with Gasteiger partial charge >= 0.3 is 0 Å². The number of aromatic amines is 1. The zero-order valence-corrected chi connectivity index (χ0v) is 11.7. The van der Waals surface area contributed by atoms with E-state index in [0.29, 0.717) is 6.07 Å². The fraction of sp³-hybridized carbons (Fsp3) is 0. The van der Waals surface area contributed by atoms with Crippen LogP contribution in [-0.2, 0) is 0 Å². The molecule has 0 saturated carbocycles. The number of benzene rings is 2. The van der Waals surface area contributed by atoms with Gasteiger partial charge in [-0.2, -0.15) is 0 Å². The molecule has 2 heterocycles. The van der Waals surface area contributed by atoms with Gasteiger partial charge in [0, 0.05) is 29.3 Å². The maximum atomic E-state index is 13.8. The van der Waals surface area contributed by atoms with E-state index in [-0.39, 0.29) is 33.2 Å². The molecule has 0 aliphatic carbocycles. The van der Waals surface area contributed by atoms with Crippen molar-refractivity contribution in [3.05, 3.63) is 59.7 Å². The Hall–Kier alpha value is -3.03. The highest BCUT2D eigenvalue weighted by atomic mass is 19.2. The third kappa shape index (κ3) is 2.03. The number of fused-ring (bicyclic) bond motifs is 2. The van der Waals surface area contributed by atoms with Gasteiger partial charge in [-0.1, -0.05) is 0 Å². The molecule has 120 valence electrons. The average molecular weight is 335 g/mol. The molecule has 0 bridgehead atoms. The van der Waals surface area contributed by atoms with Crippen LogP contribution in [0.4, 0.5) is 22.0 Å². The molecule has 0 radical (unpaired) electrons. The standard InChI is InChI=1S/C16H6F5N3/c17-6-1-10(19)16-11(2-6)22-5-12(24-16)8-4-23-15-7(8)3-9(18)13(20)14(15)21/h1-5,23H. The normalized spacial score (nSPS) is 11.5. The second kappa shape index (κ2) is 4.98. The van der Waals surface area contributed by atoms with Crippen molar-refractivity contribution >= 4 is 21.9 Å². The van der Waals surface area contributed by atoms with Crippen LogP contribution in [0.25, 0.3) is 33.2 Å². The average Bonchev–Trinajstić information content (AvgIpc) is 2.96. The summed E-state index contributed by atoms with van der Waals surface area (Å²) in [5.74, 6) is -6.03. The van der Waals surface area contributed by atoms with Gasteiger partial charge in [-0.25, -0.2) is 26.9 Å². The molecule has 2 aromatic carbocycles. The van der Waals surface area contributed by atoms with Crippen molar-refractivity contribution in [3.63, 3.8) is 0 Å². The molecule has 2 aromatic heterocycles. The summed E-state index contributed by atoms with van der Waals surface area (Å²) in [4.78, 5) is 10.4. The predicted molar refractivity (Wildman–Crippen MR) is 76.6 cm³/mol. The summed E-state index contributed by atoms with van der Waals surface area (Å²) in [7, 11) is 0. The van der Waals surface area contributed by atoms with E-state index in [1.165, 1.54) is 12.4 Å². The van der Waals surface area contributed by atoms with E-state index in [4.69, 9.17) is 0 Å². The Morgan fingerprint density at radius 3 is 2.46 bits per heavy atom. The number of hydrogen-bond acceptors (Lipinski definition) is 2. The lowest BCUT2D eigenvalue weighted by molar-refractivity contribution is 0.453. The van der Waals surface area contributed by atoms with Crippen molar-refractivity contribution in [2.45, 2.75) is 0 Å². The second-order valence-corrected chi connectivity index (χ2v) is 5.12. The van der Waals surface area contributed by atoms with Crippen molar-refractivity contribution in [1.29, 1.82) is 0 Å². The summed E-state index contributed by atoms with van der Waals surface area (Å²) >= 11 is 0. The molecule has 0 fully saturated rings. The largest absolute Gasteiger partial charge is 0.358 e. The minimum atomic E-state index is -1.60. The molecule has 4 rings (SSSR count). The first-order valence-corrected chi connectivity index (χ1v) is 6.72. The molecule has 0 aliphatic heterocycles. The number of hydrogen-bond donors (Lipinski definition) is 1. The molecular formula is C16H6F5N3. The van der Waals surface area contributed by atoms with Crippen LogP contribution in [0.1, 0.15) is 0 Å². The molecule has 0 aliphatic rings. The Bertz CT molecular complexity index is 1120. The second-order valence-electron chi connectivity index (χ2n) is 5.12. The lowest BCUT2D eigenvalue weighted by Crippen LogP contribution is -1.94. The molecule has 3 nitrogen and oxygen atoms in total. The Labute approximate surface area is 130 Å². The molecule has 0 atom stereocenters. The van der Waals surface area contributed by atoms with Gasteiger partial charge in [0.15, 0.2) is 23.3 Å². The van der Waals surface area contributed by atoms with E-state index in [2.05, 4.69) is 15.0 Å². The quantitative estimate of drug-likeness (QED) is 0.412. The van der Waals surface area contributed by atoms with Crippen molar-refractivity contribution in [2.75, 3.05) is 0 Å². The van der Waals surface area contributed by atoms with E-state index >= 15 is 0 Å². The van der Waals surface area contributed by atoms with Crippen molar-refractivity contribution in [3.8, 4) is 11.3 Å². The smallest absolute Gasteiger partial charge is 0.196 e. The van der Waals surface area contributed by atoms with Crippen LogP contribution >= 0.6 is 0 Å².